The lowest BCUT2D eigenvalue weighted by Crippen LogP contribution is -2.32. The van der Waals surface area contributed by atoms with Crippen molar-refractivity contribution in [1.29, 1.82) is 0 Å². The van der Waals surface area contributed by atoms with Crippen LogP contribution < -0.4 is 4.90 Å². The molecule has 0 aliphatic rings. The Morgan fingerprint density at radius 2 is 1.61 bits per heavy atom. The first kappa shape index (κ1) is 18.0. The standard InChI is InChI=1S/C24H23N3O/c1-4-26(20-8-6-5-7-9-20)24(28)23-22(19-13-10-17(2)11-14-19)25-21-15-12-18(3)16-27(21)23/h5-16H,4H2,1-3H3. The maximum Gasteiger partial charge on any atom is 0.277 e. The second kappa shape index (κ2) is 7.31. The molecule has 4 aromatic rings. The van der Waals surface area contributed by atoms with Crippen molar-refractivity contribution < 1.29 is 4.79 Å². The smallest absolute Gasteiger partial charge is 0.277 e. The molecule has 28 heavy (non-hydrogen) atoms. The summed E-state index contributed by atoms with van der Waals surface area (Å²) in [5.41, 5.74) is 6.16. The van der Waals surface area contributed by atoms with Crippen LogP contribution in [0.4, 0.5) is 5.69 Å². The Kier molecular flexibility index (Phi) is 4.70. The van der Waals surface area contributed by atoms with Gasteiger partial charge in [-0.3, -0.25) is 9.20 Å². The molecule has 2 aromatic heterocycles. The Hall–Kier alpha value is -3.40. The lowest BCUT2D eigenvalue weighted by atomic mass is 10.1. The zero-order valence-electron chi connectivity index (χ0n) is 16.4. The first-order chi connectivity index (χ1) is 13.6. The highest BCUT2D eigenvalue weighted by Crippen LogP contribution is 2.28. The molecule has 2 aromatic carbocycles. The number of benzene rings is 2. The van der Waals surface area contributed by atoms with E-state index in [4.69, 9.17) is 4.98 Å². The van der Waals surface area contributed by atoms with E-state index in [1.807, 2.05) is 91.2 Å². The summed E-state index contributed by atoms with van der Waals surface area (Å²) in [7, 11) is 0. The summed E-state index contributed by atoms with van der Waals surface area (Å²) in [6.45, 7) is 6.64. The lowest BCUT2D eigenvalue weighted by Gasteiger charge is -2.21. The number of amides is 1. The van der Waals surface area contributed by atoms with Crippen LogP contribution in [0.25, 0.3) is 16.9 Å². The van der Waals surface area contributed by atoms with Crippen molar-refractivity contribution >= 4 is 17.2 Å². The van der Waals surface area contributed by atoms with Gasteiger partial charge in [-0.25, -0.2) is 4.98 Å². The number of anilines is 1. The van der Waals surface area contributed by atoms with E-state index in [1.165, 1.54) is 5.56 Å². The number of pyridine rings is 1. The highest BCUT2D eigenvalue weighted by atomic mass is 16.2. The minimum absolute atomic E-state index is 0.0534. The molecule has 0 saturated heterocycles. The van der Waals surface area contributed by atoms with Gasteiger partial charge in [0, 0.05) is 24.0 Å². The molecule has 0 aliphatic heterocycles. The van der Waals surface area contributed by atoms with Crippen LogP contribution in [-0.4, -0.2) is 21.8 Å². The number of hydrogen-bond donors (Lipinski definition) is 0. The Morgan fingerprint density at radius 1 is 0.929 bits per heavy atom. The van der Waals surface area contributed by atoms with E-state index in [0.29, 0.717) is 17.9 Å². The average Bonchev–Trinajstić information content (AvgIpc) is 3.08. The molecular weight excluding hydrogens is 346 g/mol. The fourth-order valence-corrected chi connectivity index (χ4v) is 3.45. The summed E-state index contributed by atoms with van der Waals surface area (Å²) in [5, 5.41) is 0. The van der Waals surface area contributed by atoms with E-state index < -0.39 is 0 Å². The Balaban J connectivity index is 1.93. The van der Waals surface area contributed by atoms with E-state index in [2.05, 4.69) is 6.92 Å². The topological polar surface area (TPSA) is 37.6 Å². The van der Waals surface area contributed by atoms with Gasteiger partial charge in [0.15, 0.2) is 0 Å². The zero-order valence-corrected chi connectivity index (χ0v) is 16.4. The van der Waals surface area contributed by atoms with Gasteiger partial charge in [-0.15, -0.1) is 0 Å². The highest BCUT2D eigenvalue weighted by molar-refractivity contribution is 6.09. The molecule has 0 atom stereocenters. The maximum absolute atomic E-state index is 13.7. The second-order valence-corrected chi connectivity index (χ2v) is 6.99. The number of nitrogens with zero attached hydrogens (tertiary/aromatic N) is 3. The van der Waals surface area contributed by atoms with Crippen LogP contribution in [0, 0.1) is 13.8 Å². The third kappa shape index (κ3) is 3.18. The van der Waals surface area contributed by atoms with Gasteiger partial charge in [0.1, 0.15) is 17.0 Å². The van der Waals surface area contributed by atoms with Crippen LogP contribution in [0.2, 0.25) is 0 Å². The minimum atomic E-state index is -0.0534. The summed E-state index contributed by atoms with van der Waals surface area (Å²) < 4.78 is 1.92. The van der Waals surface area contributed by atoms with Crippen molar-refractivity contribution in [1.82, 2.24) is 9.38 Å². The molecular formula is C24H23N3O. The van der Waals surface area contributed by atoms with Gasteiger partial charge in [0.05, 0.1) is 0 Å². The number of hydrogen-bond acceptors (Lipinski definition) is 2. The molecule has 2 heterocycles. The number of carbonyl (C=O) groups excluding carboxylic acids is 1. The van der Waals surface area contributed by atoms with Crippen LogP contribution in [0.5, 0.6) is 0 Å². The highest BCUT2D eigenvalue weighted by Gasteiger charge is 2.25. The summed E-state index contributed by atoms with van der Waals surface area (Å²) in [6.07, 6.45) is 1.98. The largest absolute Gasteiger partial charge is 0.307 e. The Bertz CT molecular complexity index is 1130. The fourth-order valence-electron chi connectivity index (χ4n) is 3.45. The van der Waals surface area contributed by atoms with Crippen LogP contribution in [-0.2, 0) is 0 Å². The van der Waals surface area contributed by atoms with Crippen molar-refractivity contribution in [3.05, 3.63) is 89.7 Å². The first-order valence-corrected chi connectivity index (χ1v) is 9.51. The van der Waals surface area contributed by atoms with Gasteiger partial charge >= 0.3 is 0 Å². The molecule has 0 unspecified atom stereocenters. The molecule has 0 fully saturated rings. The summed E-state index contributed by atoms with van der Waals surface area (Å²) in [4.78, 5) is 20.3. The van der Waals surface area contributed by atoms with E-state index in [9.17, 15) is 4.79 Å². The van der Waals surface area contributed by atoms with E-state index in [1.54, 1.807) is 4.90 Å². The third-order valence-corrected chi connectivity index (χ3v) is 4.92. The summed E-state index contributed by atoms with van der Waals surface area (Å²) >= 11 is 0. The van der Waals surface area contributed by atoms with E-state index in [0.717, 1.165) is 22.5 Å². The monoisotopic (exact) mass is 369 g/mol. The molecule has 0 N–H and O–H groups in total. The van der Waals surface area contributed by atoms with Gasteiger partial charge in [-0.05, 0) is 44.5 Å². The molecule has 0 spiro atoms. The molecule has 4 nitrogen and oxygen atoms in total. The Morgan fingerprint density at radius 3 is 2.29 bits per heavy atom. The second-order valence-electron chi connectivity index (χ2n) is 6.99. The molecule has 0 saturated carbocycles. The van der Waals surface area contributed by atoms with Crippen LogP contribution in [0.15, 0.2) is 72.9 Å². The van der Waals surface area contributed by atoms with E-state index in [-0.39, 0.29) is 5.91 Å². The van der Waals surface area contributed by atoms with Gasteiger partial charge in [0.2, 0.25) is 0 Å². The SMILES string of the molecule is CCN(C(=O)c1c(-c2ccc(C)cc2)nc2ccc(C)cn12)c1ccccc1. The van der Waals surface area contributed by atoms with Crippen molar-refractivity contribution in [3.8, 4) is 11.3 Å². The number of fused-ring (bicyclic) bond motifs is 1. The Labute approximate surface area is 165 Å². The normalized spacial score (nSPS) is 11.0. The van der Waals surface area contributed by atoms with Gasteiger partial charge < -0.3 is 4.90 Å². The van der Waals surface area contributed by atoms with Crippen LogP contribution in [0.1, 0.15) is 28.5 Å². The number of imidazole rings is 1. The minimum Gasteiger partial charge on any atom is -0.307 e. The molecule has 4 rings (SSSR count). The summed E-state index contributed by atoms with van der Waals surface area (Å²) in [6, 6.07) is 21.9. The number of carbonyl (C=O) groups is 1. The fraction of sp³-hybridized carbons (Fsp3) is 0.167. The van der Waals surface area contributed by atoms with Gasteiger partial charge in [-0.2, -0.15) is 0 Å². The number of rotatable bonds is 4. The molecule has 0 radical (unpaired) electrons. The number of para-hydroxylation sites is 1. The molecule has 0 bridgehead atoms. The average molecular weight is 369 g/mol. The number of aromatic nitrogens is 2. The van der Waals surface area contributed by atoms with Gasteiger partial charge in [-0.1, -0.05) is 54.1 Å². The van der Waals surface area contributed by atoms with Crippen molar-refractivity contribution in [3.63, 3.8) is 0 Å². The molecule has 140 valence electrons. The van der Waals surface area contributed by atoms with Crippen molar-refractivity contribution in [2.45, 2.75) is 20.8 Å². The molecule has 4 heteroatoms. The zero-order chi connectivity index (χ0) is 19.7. The predicted molar refractivity (Wildman–Crippen MR) is 114 cm³/mol. The van der Waals surface area contributed by atoms with Crippen molar-refractivity contribution in [2.24, 2.45) is 0 Å². The van der Waals surface area contributed by atoms with Crippen molar-refractivity contribution in [2.75, 3.05) is 11.4 Å². The quantitative estimate of drug-likeness (QED) is 0.490. The maximum atomic E-state index is 13.7. The van der Waals surface area contributed by atoms with E-state index >= 15 is 0 Å². The number of aryl methyl sites for hydroxylation is 2. The summed E-state index contributed by atoms with van der Waals surface area (Å²) in [5.74, 6) is -0.0534. The van der Waals surface area contributed by atoms with Gasteiger partial charge in [0.25, 0.3) is 5.91 Å². The molecule has 1 amide bonds. The lowest BCUT2D eigenvalue weighted by molar-refractivity contribution is 0.0983. The predicted octanol–water partition coefficient (Wildman–Crippen LogP) is 5.28. The third-order valence-electron chi connectivity index (χ3n) is 4.92. The molecule has 0 aliphatic carbocycles. The first-order valence-electron chi connectivity index (χ1n) is 9.51. The van der Waals surface area contributed by atoms with Crippen LogP contribution >= 0.6 is 0 Å². The van der Waals surface area contributed by atoms with Crippen LogP contribution in [0.3, 0.4) is 0 Å².